The molecule has 0 spiro atoms. The van der Waals surface area contributed by atoms with E-state index in [1.54, 1.807) is 24.3 Å². The normalized spacial score (nSPS) is 10.4. The fraction of sp³-hybridized carbons (Fsp3) is 0.188. The summed E-state index contributed by atoms with van der Waals surface area (Å²) in [6, 6.07) is 9.45. The highest BCUT2D eigenvalue weighted by Crippen LogP contribution is 2.23. The molecule has 0 aliphatic heterocycles. The van der Waals surface area contributed by atoms with Crippen molar-refractivity contribution < 1.29 is 13.9 Å². The second-order valence-corrected chi connectivity index (χ2v) is 4.97. The molecule has 0 saturated carbocycles. The summed E-state index contributed by atoms with van der Waals surface area (Å²) >= 11 is 5.94. The van der Waals surface area contributed by atoms with Gasteiger partial charge in [-0.2, -0.15) is 0 Å². The van der Waals surface area contributed by atoms with Crippen molar-refractivity contribution in [2.75, 3.05) is 0 Å². The molecule has 0 aliphatic rings. The molecule has 0 aliphatic carbocycles. The predicted molar refractivity (Wildman–Crippen MR) is 76.9 cm³/mol. The van der Waals surface area contributed by atoms with Gasteiger partial charge >= 0.3 is 0 Å². The number of carbonyl (C=O) groups is 1. The molecule has 0 heterocycles. The van der Waals surface area contributed by atoms with Crippen LogP contribution < -0.4 is 4.74 Å². The Balaban J connectivity index is 2.13. The van der Waals surface area contributed by atoms with Crippen LogP contribution in [0.1, 0.15) is 28.4 Å². The molecule has 104 valence electrons. The molecule has 0 amide bonds. The van der Waals surface area contributed by atoms with Crippen LogP contribution in [-0.2, 0) is 6.61 Å². The Morgan fingerprint density at radius 3 is 2.60 bits per heavy atom. The molecule has 0 aromatic heterocycles. The van der Waals surface area contributed by atoms with Crippen LogP contribution in [0.2, 0.25) is 5.02 Å². The van der Waals surface area contributed by atoms with Crippen molar-refractivity contribution in [1.29, 1.82) is 0 Å². The molecule has 0 N–H and O–H groups in total. The van der Waals surface area contributed by atoms with Crippen LogP contribution in [0.25, 0.3) is 0 Å². The SMILES string of the molecule is CC(=O)c1ccc(OCc2ccc(F)cc2Cl)c(C)c1. The molecule has 0 unspecified atom stereocenters. The number of hydrogen-bond acceptors (Lipinski definition) is 2. The molecule has 4 heteroatoms. The number of rotatable bonds is 4. The topological polar surface area (TPSA) is 26.3 Å². The van der Waals surface area contributed by atoms with Gasteiger partial charge in [0.1, 0.15) is 18.2 Å². The van der Waals surface area contributed by atoms with E-state index in [-0.39, 0.29) is 18.2 Å². The third kappa shape index (κ3) is 3.36. The molecular weight excluding hydrogens is 279 g/mol. The monoisotopic (exact) mass is 292 g/mol. The first-order valence-electron chi connectivity index (χ1n) is 6.15. The maximum Gasteiger partial charge on any atom is 0.159 e. The Labute approximate surface area is 122 Å². The van der Waals surface area contributed by atoms with Gasteiger partial charge in [0.05, 0.1) is 5.02 Å². The minimum Gasteiger partial charge on any atom is -0.489 e. The third-order valence-electron chi connectivity index (χ3n) is 2.98. The number of benzene rings is 2. The zero-order chi connectivity index (χ0) is 14.7. The second-order valence-electron chi connectivity index (χ2n) is 4.56. The van der Waals surface area contributed by atoms with Crippen molar-refractivity contribution in [1.82, 2.24) is 0 Å². The predicted octanol–water partition coefficient (Wildman–Crippen LogP) is 4.57. The molecule has 0 bridgehead atoms. The van der Waals surface area contributed by atoms with Crippen LogP contribution in [0.15, 0.2) is 36.4 Å². The highest BCUT2D eigenvalue weighted by Gasteiger charge is 2.07. The molecule has 20 heavy (non-hydrogen) atoms. The lowest BCUT2D eigenvalue weighted by Gasteiger charge is -2.11. The molecular formula is C16H14ClFO2. The lowest BCUT2D eigenvalue weighted by atomic mass is 10.1. The molecule has 2 aromatic carbocycles. The number of aryl methyl sites for hydroxylation is 1. The Morgan fingerprint density at radius 1 is 1.25 bits per heavy atom. The number of halogens is 2. The number of carbonyl (C=O) groups excluding carboxylic acids is 1. The Morgan fingerprint density at radius 2 is 2.00 bits per heavy atom. The van der Waals surface area contributed by atoms with Crippen LogP contribution in [0.5, 0.6) is 5.75 Å². The molecule has 0 fully saturated rings. The fourth-order valence-corrected chi connectivity index (χ4v) is 2.05. The van der Waals surface area contributed by atoms with Crippen molar-refractivity contribution in [3.8, 4) is 5.75 Å². The average Bonchev–Trinajstić information content (AvgIpc) is 2.38. The van der Waals surface area contributed by atoms with Crippen molar-refractivity contribution >= 4 is 17.4 Å². The summed E-state index contributed by atoms with van der Waals surface area (Å²) in [5.41, 5.74) is 2.23. The highest BCUT2D eigenvalue weighted by atomic mass is 35.5. The third-order valence-corrected chi connectivity index (χ3v) is 3.33. The molecule has 2 aromatic rings. The van der Waals surface area contributed by atoms with Gasteiger partial charge < -0.3 is 4.74 Å². The van der Waals surface area contributed by atoms with E-state index in [2.05, 4.69) is 0 Å². The van der Waals surface area contributed by atoms with Gasteiger partial charge in [0.25, 0.3) is 0 Å². The van der Waals surface area contributed by atoms with E-state index in [1.807, 2.05) is 6.92 Å². The van der Waals surface area contributed by atoms with Gasteiger partial charge in [0, 0.05) is 11.1 Å². The van der Waals surface area contributed by atoms with Gasteiger partial charge in [0.2, 0.25) is 0 Å². The van der Waals surface area contributed by atoms with Gasteiger partial charge in [-0.25, -0.2) is 4.39 Å². The summed E-state index contributed by atoms with van der Waals surface area (Å²) in [5.74, 6) is 0.317. The second kappa shape index (κ2) is 6.06. The zero-order valence-electron chi connectivity index (χ0n) is 11.2. The van der Waals surface area contributed by atoms with Crippen LogP contribution in [0, 0.1) is 12.7 Å². The zero-order valence-corrected chi connectivity index (χ0v) is 12.0. The summed E-state index contributed by atoms with van der Waals surface area (Å²) in [6.07, 6.45) is 0. The molecule has 2 rings (SSSR count). The number of ether oxygens (including phenoxy) is 1. The summed E-state index contributed by atoms with van der Waals surface area (Å²) in [7, 11) is 0. The minimum atomic E-state index is -0.374. The maximum atomic E-state index is 12.9. The van der Waals surface area contributed by atoms with E-state index in [9.17, 15) is 9.18 Å². The fourth-order valence-electron chi connectivity index (χ4n) is 1.82. The van der Waals surface area contributed by atoms with Gasteiger partial charge in [-0.15, -0.1) is 0 Å². The average molecular weight is 293 g/mol. The number of hydrogen-bond donors (Lipinski definition) is 0. The summed E-state index contributed by atoms with van der Waals surface area (Å²) in [6.45, 7) is 3.64. The molecule has 0 atom stereocenters. The van der Waals surface area contributed by atoms with Crippen molar-refractivity contribution in [3.63, 3.8) is 0 Å². The van der Waals surface area contributed by atoms with Crippen LogP contribution in [0.3, 0.4) is 0 Å². The smallest absolute Gasteiger partial charge is 0.159 e. The number of ketones is 1. The quantitative estimate of drug-likeness (QED) is 0.772. The summed E-state index contributed by atoms with van der Waals surface area (Å²) in [4.78, 5) is 11.3. The first-order valence-corrected chi connectivity index (χ1v) is 6.53. The summed E-state index contributed by atoms with van der Waals surface area (Å²) in [5, 5.41) is 0.336. The summed E-state index contributed by atoms with van der Waals surface area (Å²) < 4.78 is 18.6. The van der Waals surface area contributed by atoms with Gasteiger partial charge in [-0.05, 0) is 49.7 Å². The lowest BCUT2D eigenvalue weighted by molar-refractivity contribution is 0.101. The molecule has 2 nitrogen and oxygen atoms in total. The van der Waals surface area contributed by atoms with E-state index in [1.165, 1.54) is 19.1 Å². The van der Waals surface area contributed by atoms with Gasteiger partial charge in [0.15, 0.2) is 5.78 Å². The minimum absolute atomic E-state index is 0.0150. The van der Waals surface area contributed by atoms with Gasteiger partial charge in [-0.3, -0.25) is 4.79 Å². The largest absolute Gasteiger partial charge is 0.489 e. The Bertz CT molecular complexity index is 653. The maximum absolute atomic E-state index is 12.9. The first-order chi connectivity index (χ1) is 9.47. The van der Waals surface area contributed by atoms with Crippen LogP contribution in [-0.4, -0.2) is 5.78 Å². The molecule has 0 saturated heterocycles. The van der Waals surface area contributed by atoms with E-state index >= 15 is 0 Å². The van der Waals surface area contributed by atoms with Crippen LogP contribution in [0.4, 0.5) is 4.39 Å². The van der Waals surface area contributed by atoms with Crippen molar-refractivity contribution in [2.24, 2.45) is 0 Å². The van der Waals surface area contributed by atoms with E-state index in [0.29, 0.717) is 21.9 Å². The van der Waals surface area contributed by atoms with Crippen molar-refractivity contribution in [3.05, 3.63) is 63.9 Å². The lowest BCUT2D eigenvalue weighted by Crippen LogP contribution is -2.00. The first kappa shape index (κ1) is 14.5. The number of Topliss-reactive ketones (excluding diaryl/α,β-unsaturated/α-hetero) is 1. The molecule has 0 radical (unpaired) electrons. The standard InChI is InChI=1S/C16H14ClFO2/c1-10-7-12(11(2)19)4-6-16(10)20-9-13-3-5-14(18)8-15(13)17/h3-8H,9H2,1-2H3. The van der Waals surface area contributed by atoms with E-state index in [4.69, 9.17) is 16.3 Å². The Hall–Kier alpha value is -1.87. The highest BCUT2D eigenvalue weighted by molar-refractivity contribution is 6.31. The van der Waals surface area contributed by atoms with E-state index in [0.717, 1.165) is 5.56 Å². The Kier molecular flexibility index (Phi) is 4.40. The van der Waals surface area contributed by atoms with E-state index < -0.39 is 0 Å². The van der Waals surface area contributed by atoms with Gasteiger partial charge in [-0.1, -0.05) is 17.7 Å². The van der Waals surface area contributed by atoms with Crippen LogP contribution >= 0.6 is 11.6 Å². The van der Waals surface area contributed by atoms with Crippen molar-refractivity contribution in [2.45, 2.75) is 20.5 Å².